The van der Waals surface area contributed by atoms with E-state index in [-0.39, 0.29) is 0 Å². The molecule has 0 unspecified atom stereocenters. The van der Waals surface area contributed by atoms with E-state index in [4.69, 9.17) is 0 Å². The first-order valence-corrected chi connectivity index (χ1v) is 4.19. The normalized spacial score (nSPS) is 10.4. The van der Waals surface area contributed by atoms with Crippen LogP contribution >= 0.6 is 15.9 Å². The number of carbonyl (C=O) groups is 1. The summed E-state index contributed by atoms with van der Waals surface area (Å²) in [6.45, 7) is 0. The molecule has 2 heterocycles. The summed E-state index contributed by atoms with van der Waals surface area (Å²) in [5.74, 6) is 0. The van der Waals surface area contributed by atoms with Gasteiger partial charge < -0.3 is 4.98 Å². The standard InChI is InChI=1S/C8H5BrN2O/c9-6-1-2-10-7-3-5(4-12)11-8(6)7/h1-4,11H. The third kappa shape index (κ3) is 1.04. The van der Waals surface area contributed by atoms with Crippen LogP contribution < -0.4 is 0 Å². The number of aromatic amines is 1. The topological polar surface area (TPSA) is 45.8 Å². The Hall–Kier alpha value is -1.16. The van der Waals surface area contributed by atoms with Crippen LogP contribution in [0.1, 0.15) is 10.5 Å². The Balaban J connectivity index is 2.82. The lowest BCUT2D eigenvalue weighted by molar-refractivity contribution is 0.112. The zero-order valence-corrected chi connectivity index (χ0v) is 7.63. The van der Waals surface area contributed by atoms with Crippen molar-refractivity contribution in [3.8, 4) is 0 Å². The minimum absolute atomic E-state index is 0.546. The van der Waals surface area contributed by atoms with Crippen LogP contribution in [-0.2, 0) is 0 Å². The molecule has 2 aromatic heterocycles. The number of pyridine rings is 1. The van der Waals surface area contributed by atoms with E-state index in [2.05, 4.69) is 25.9 Å². The maximum Gasteiger partial charge on any atom is 0.166 e. The molecule has 0 radical (unpaired) electrons. The minimum Gasteiger partial charge on any atom is -0.350 e. The molecule has 0 aromatic carbocycles. The molecular weight excluding hydrogens is 220 g/mol. The molecule has 12 heavy (non-hydrogen) atoms. The molecule has 60 valence electrons. The molecule has 0 saturated carbocycles. The fourth-order valence-corrected chi connectivity index (χ4v) is 1.50. The van der Waals surface area contributed by atoms with Gasteiger partial charge in [0.2, 0.25) is 0 Å². The van der Waals surface area contributed by atoms with E-state index in [0.717, 1.165) is 21.8 Å². The first-order chi connectivity index (χ1) is 5.81. The van der Waals surface area contributed by atoms with Crippen LogP contribution in [0.25, 0.3) is 11.0 Å². The Kier molecular flexibility index (Phi) is 1.69. The zero-order chi connectivity index (χ0) is 8.55. The van der Waals surface area contributed by atoms with Crippen molar-refractivity contribution in [1.82, 2.24) is 9.97 Å². The number of hydrogen-bond acceptors (Lipinski definition) is 2. The molecule has 1 N–H and O–H groups in total. The summed E-state index contributed by atoms with van der Waals surface area (Å²) in [5, 5.41) is 0. The molecule has 0 atom stereocenters. The van der Waals surface area contributed by atoms with Crippen LogP contribution in [0, 0.1) is 0 Å². The quantitative estimate of drug-likeness (QED) is 0.755. The zero-order valence-electron chi connectivity index (χ0n) is 6.04. The molecule has 0 aliphatic rings. The highest BCUT2D eigenvalue weighted by Crippen LogP contribution is 2.20. The van der Waals surface area contributed by atoms with Crippen molar-refractivity contribution < 1.29 is 4.79 Å². The highest BCUT2D eigenvalue weighted by Gasteiger charge is 2.02. The molecule has 3 nitrogen and oxygen atoms in total. The number of halogens is 1. The van der Waals surface area contributed by atoms with Crippen LogP contribution in [0.15, 0.2) is 22.8 Å². The first kappa shape index (κ1) is 7.49. The van der Waals surface area contributed by atoms with Gasteiger partial charge in [0.15, 0.2) is 6.29 Å². The van der Waals surface area contributed by atoms with Crippen LogP contribution in [0.2, 0.25) is 0 Å². The number of aldehydes is 1. The highest BCUT2D eigenvalue weighted by molar-refractivity contribution is 9.10. The Bertz CT molecular complexity index is 436. The molecule has 0 aliphatic carbocycles. The summed E-state index contributed by atoms with van der Waals surface area (Å²) in [7, 11) is 0. The number of rotatable bonds is 1. The van der Waals surface area contributed by atoms with Crippen molar-refractivity contribution in [2.24, 2.45) is 0 Å². The minimum atomic E-state index is 0.546. The predicted octanol–water partition coefficient (Wildman–Crippen LogP) is 2.14. The van der Waals surface area contributed by atoms with Gasteiger partial charge >= 0.3 is 0 Å². The van der Waals surface area contributed by atoms with Gasteiger partial charge in [-0.15, -0.1) is 0 Å². The predicted molar refractivity (Wildman–Crippen MR) is 49.2 cm³/mol. The maximum absolute atomic E-state index is 10.4. The highest BCUT2D eigenvalue weighted by atomic mass is 79.9. The van der Waals surface area contributed by atoms with Crippen molar-refractivity contribution in [3.63, 3.8) is 0 Å². The number of aromatic nitrogens is 2. The number of fused-ring (bicyclic) bond motifs is 1. The molecular formula is C8H5BrN2O. The van der Waals surface area contributed by atoms with Gasteiger partial charge in [0, 0.05) is 10.7 Å². The summed E-state index contributed by atoms with van der Waals surface area (Å²) < 4.78 is 0.917. The third-order valence-electron chi connectivity index (χ3n) is 1.62. The van der Waals surface area contributed by atoms with Crippen molar-refractivity contribution in [3.05, 3.63) is 28.5 Å². The van der Waals surface area contributed by atoms with Crippen molar-refractivity contribution in [2.75, 3.05) is 0 Å². The summed E-state index contributed by atoms with van der Waals surface area (Å²) in [5.41, 5.74) is 2.20. The van der Waals surface area contributed by atoms with Crippen LogP contribution in [0.4, 0.5) is 0 Å². The van der Waals surface area contributed by atoms with Crippen molar-refractivity contribution in [1.29, 1.82) is 0 Å². The molecule has 0 fully saturated rings. The Labute approximate surface area is 76.9 Å². The van der Waals surface area contributed by atoms with Gasteiger partial charge in [-0.2, -0.15) is 0 Å². The van der Waals surface area contributed by atoms with Crippen LogP contribution in [-0.4, -0.2) is 16.3 Å². The molecule has 0 saturated heterocycles. The van der Waals surface area contributed by atoms with E-state index in [1.807, 2.05) is 6.07 Å². The van der Waals surface area contributed by atoms with Crippen molar-refractivity contribution >= 4 is 33.2 Å². The summed E-state index contributed by atoms with van der Waals surface area (Å²) in [6, 6.07) is 3.54. The fourth-order valence-electron chi connectivity index (χ4n) is 1.08. The van der Waals surface area contributed by atoms with Gasteiger partial charge in [-0.3, -0.25) is 9.78 Å². The van der Waals surface area contributed by atoms with E-state index in [1.165, 1.54) is 0 Å². The van der Waals surface area contributed by atoms with Gasteiger partial charge in [0.25, 0.3) is 0 Å². The lowest BCUT2D eigenvalue weighted by Crippen LogP contribution is -1.76. The Morgan fingerprint density at radius 3 is 3.08 bits per heavy atom. The molecule has 2 rings (SSSR count). The third-order valence-corrected chi connectivity index (χ3v) is 2.28. The number of H-pyrrole nitrogens is 1. The lowest BCUT2D eigenvalue weighted by Gasteiger charge is -1.90. The Morgan fingerprint density at radius 1 is 1.58 bits per heavy atom. The van der Waals surface area contributed by atoms with Gasteiger partial charge in [0.05, 0.1) is 16.7 Å². The molecule has 0 bridgehead atoms. The van der Waals surface area contributed by atoms with E-state index in [0.29, 0.717) is 5.69 Å². The average Bonchev–Trinajstić information content (AvgIpc) is 2.49. The largest absolute Gasteiger partial charge is 0.350 e. The van der Waals surface area contributed by atoms with Crippen molar-refractivity contribution in [2.45, 2.75) is 0 Å². The van der Waals surface area contributed by atoms with Crippen LogP contribution in [0.3, 0.4) is 0 Å². The number of hydrogen-bond donors (Lipinski definition) is 1. The van der Waals surface area contributed by atoms with Gasteiger partial charge in [-0.25, -0.2) is 0 Å². The second-order valence-corrected chi connectivity index (χ2v) is 3.25. The fraction of sp³-hybridized carbons (Fsp3) is 0. The SMILES string of the molecule is O=Cc1cc2nccc(Br)c2[nH]1. The summed E-state index contributed by atoms with van der Waals surface area (Å²) in [4.78, 5) is 17.4. The van der Waals surface area contributed by atoms with E-state index < -0.39 is 0 Å². The number of nitrogens with zero attached hydrogens (tertiary/aromatic N) is 1. The molecule has 2 aromatic rings. The lowest BCUT2D eigenvalue weighted by atomic mass is 10.4. The van der Waals surface area contributed by atoms with Gasteiger partial charge in [0.1, 0.15) is 0 Å². The smallest absolute Gasteiger partial charge is 0.166 e. The summed E-state index contributed by atoms with van der Waals surface area (Å²) >= 11 is 3.35. The monoisotopic (exact) mass is 224 g/mol. The van der Waals surface area contributed by atoms with E-state index in [9.17, 15) is 4.79 Å². The van der Waals surface area contributed by atoms with Gasteiger partial charge in [-0.1, -0.05) is 0 Å². The molecule has 0 aliphatic heterocycles. The maximum atomic E-state index is 10.4. The molecule has 0 spiro atoms. The summed E-state index contributed by atoms with van der Waals surface area (Å²) in [6.07, 6.45) is 2.46. The number of carbonyl (C=O) groups excluding carboxylic acids is 1. The van der Waals surface area contributed by atoms with Gasteiger partial charge in [-0.05, 0) is 28.1 Å². The second-order valence-electron chi connectivity index (χ2n) is 2.40. The van der Waals surface area contributed by atoms with E-state index >= 15 is 0 Å². The Morgan fingerprint density at radius 2 is 2.42 bits per heavy atom. The molecule has 0 amide bonds. The first-order valence-electron chi connectivity index (χ1n) is 3.39. The van der Waals surface area contributed by atoms with E-state index in [1.54, 1.807) is 12.3 Å². The second kappa shape index (κ2) is 2.71. The average molecular weight is 225 g/mol. The number of nitrogens with one attached hydrogen (secondary N) is 1. The van der Waals surface area contributed by atoms with Crippen LogP contribution in [0.5, 0.6) is 0 Å². The molecule has 4 heteroatoms.